The summed E-state index contributed by atoms with van der Waals surface area (Å²) in [7, 11) is 0. The summed E-state index contributed by atoms with van der Waals surface area (Å²) in [4.78, 5) is 22.8. The van der Waals surface area contributed by atoms with Crippen LogP contribution < -0.4 is 4.90 Å². The maximum Gasteiger partial charge on any atom is 0.239 e. The molecule has 0 atom stereocenters. The number of carbonyl (C=O) groups is 1. The maximum atomic E-state index is 13.6. The number of amides is 1. The summed E-state index contributed by atoms with van der Waals surface area (Å²) in [6, 6.07) is 12.7. The Hall–Kier alpha value is -1.96. The molecule has 0 radical (unpaired) electrons. The molecule has 0 unspecified atom stereocenters. The molecule has 4 nitrogen and oxygen atoms in total. The Bertz CT molecular complexity index is 954. The Morgan fingerprint density at radius 3 is 2.52 bits per heavy atom. The number of rotatable bonds is 9. The van der Waals surface area contributed by atoms with E-state index in [0.717, 1.165) is 34.7 Å². The van der Waals surface area contributed by atoms with E-state index in [1.54, 1.807) is 11.0 Å². The number of benzene rings is 2. The van der Waals surface area contributed by atoms with Gasteiger partial charge in [-0.2, -0.15) is 0 Å². The lowest BCUT2D eigenvalue weighted by atomic mass is 10.2. The van der Waals surface area contributed by atoms with Crippen LogP contribution >= 0.6 is 23.1 Å². The molecule has 1 amide bonds. The molecule has 0 bridgehead atoms. The van der Waals surface area contributed by atoms with Crippen molar-refractivity contribution in [2.24, 2.45) is 0 Å². The van der Waals surface area contributed by atoms with Gasteiger partial charge in [0.1, 0.15) is 5.82 Å². The topological polar surface area (TPSA) is 36.4 Å². The second-order valence-electron chi connectivity index (χ2n) is 6.78. The van der Waals surface area contributed by atoms with Crippen molar-refractivity contribution in [1.82, 2.24) is 9.88 Å². The van der Waals surface area contributed by atoms with Crippen LogP contribution in [0.15, 0.2) is 47.4 Å². The smallest absolute Gasteiger partial charge is 0.239 e. The molecule has 0 N–H and O–H groups in total. The highest BCUT2D eigenvalue weighted by molar-refractivity contribution is 8.00. The lowest BCUT2D eigenvalue weighted by molar-refractivity contribution is -0.116. The molecule has 3 aromatic rings. The number of hydrogen-bond acceptors (Lipinski definition) is 5. The summed E-state index contributed by atoms with van der Waals surface area (Å²) in [5.41, 5.74) is 1.92. The van der Waals surface area contributed by atoms with Crippen LogP contribution in [0.5, 0.6) is 0 Å². The number of likely N-dealkylation sites (N-methyl/N-ethyl adjacent to an activating group) is 1. The Balaban J connectivity index is 1.78. The van der Waals surface area contributed by atoms with Crippen molar-refractivity contribution >= 4 is 44.4 Å². The molecule has 0 saturated heterocycles. The van der Waals surface area contributed by atoms with Crippen LogP contribution in [0.2, 0.25) is 0 Å². The third-order valence-electron chi connectivity index (χ3n) is 4.79. The largest absolute Gasteiger partial charge is 0.302 e. The molecule has 0 saturated carbocycles. The van der Waals surface area contributed by atoms with E-state index in [4.69, 9.17) is 0 Å². The lowest BCUT2D eigenvalue weighted by Crippen LogP contribution is -2.39. The van der Waals surface area contributed by atoms with Crippen LogP contribution in [-0.2, 0) is 4.79 Å². The van der Waals surface area contributed by atoms with Crippen LogP contribution in [0.3, 0.4) is 0 Å². The fourth-order valence-corrected chi connectivity index (χ4v) is 4.78. The second-order valence-corrected chi connectivity index (χ2v) is 8.84. The number of nitrogens with zero attached hydrogens (tertiary/aromatic N) is 3. The van der Waals surface area contributed by atoms with E-state index in [1.165, 1.54) is 40.8 Å². The number of thiazole rings is 1. The van der Waals surface area contributed by atoms with E-state index in [2.05, 4.69) is 23.7 Å². The van der Waals surface area contributed by atoms with E-state index < -0.39 is 0 Å². The zero-order valence-electron chi connectivity index (χ0n) is 17.0. The van der Waals surface area contributed by atoms with E-state index in [-0.39, 0.29) is 11.7 Å². The fourth-order valence-electron chi connectivity index (χ4n) is 2.97. The molecule has 0 aliphatic rings. The molecule has 0 spiro atoms. The molecule has 29 heavy (non-hydrogen) atoms. The number of carbonyl (C=O) groups excluding carboxylic acids is 1. The van der Waals surface area contributed by atoms with Crippen LogP contribution in [0, 0.1) is 12.7 Å². The van der Waals surface area contributed by atoms with Crippen molar-refractivity contribution in [1.29, 1.82) is 0 Å². The third kappa shape index (κ3) is 5.78. The Kier molecular flexibility index (Phi) is 7.64. The molecule has 0 aliphatic carbocycles. The fraction of sp³-hybridized carbons (Fsp3) is 0.364. The van der Waals surface area contributed by atoms with Gasteiger partial charge in [-0.25, -0.2) is 9.37 Å². The van der Waals surface area contributed by atoms with Crippen LogP contribution in [0.4, 0.5) is 9.52 Å². The first-order valence-electron chi connectivity index (χ1n) is 9.78. The Labute approximate surface area is 179 Å². The van der Waals surface area contributed by atoms with Crippen molar-refractivity contribution < 1.29 is 9.18 Å². The number of aromatic nitrogens is 1. The summed E-state index contributed by atoms with van der Waals surface area (Å²) < 4.78 is 14.3. The first kappa shape index (κ1) is 21.7. The van der Waals surface area contributed by atoms with E-state index in [9.17, 15) is 9.18 Å². The molecule has 154 valence electrons. The van der Waals surface area contributed by atoms with E-state index in [0.29, 0.717) is 17.4 Å². The highest BCUT2D eigenvalue weighted by Gasteiger charge is 2.21. The number of aryl methyl sites for hydroxylation is 1. The number of fused-ring (bicyclic) bond motifs is 1. The van der Waals surface area contributed by atoms with Gasteiger partial charge in [-0.05, 0) is 50.3 Å². The van der Waals surface area contributed by atoms with E-state index >= 15 is 0 Å². The number of anilines is 1. The first-order valence-corrected chi connectivity index (χ1v) is 11.6. The Morgan fingerprint density at radius 2 is 1.83 bits per heavy atom. The molecular weight excluding hydrogens is 405 g/mol. The van der Waals surface area contributed by atoms with Gasteiger partial charge in [0.25, 0.3) is 0 Å². The summed E-state index contributed by atoms with van der Waals surface area (Å²) in [5, 5.41) is 0.632. The molecule has 3 rings (SSSR count). The molecular formula is C22H26FN3OS2. The van der Waals surface area contributed by atoms with Gasteiger partial charge < -0.3 is 4.90 Å². The molecule has 0 fully saturated rings. The van der Waals surface area contributed by atoms with E-state index in [1.807, 2.05) is 31.2 Å². The molecule has 1 heterocycles. The van der Waals surface area contributed by atoms with Crippen molar-refractivity contribution in [3.8, 4) is 0 Å². The van der Waals surface area contributed by atoms with Crippen molar-refractivity contribution in [3.63, 3.8) is 0 Å². The van der Waals surface area contributed by atoms with Gasteiger partial charge in [-0.15, -0.1) is 11.8 Å². The van der Waals surface area contributed by atoms with Crippen LogP contribution in [0.25, 0.3) is 10.2 Å². The molecule has 0 aliphatic heterocycles. The zero-order valence-corrected chi connectivity index (χ0v) is 18.7. The number of thioether (sulfide) groups is 1. The lowest BCUT2D eigenvalue weighted by Gasteiger charge is -2.24. The molecule has 2 aromatic carbocycles. The summed E-state index contributed by atoms with van der Waals surface area (Å²) in [6.45, 7) is 9.48. The SMILES string of the molecule is CCN(CC)CCN(C(=O)CSc1ccc(C)cc1)c1nc2ccc(F)cc2s1. The van der Waals surface area contributed by atoms with Crippen molar-refractivity contribution in [2.75, 3.05) is 36.8 Å². The van der Waals surface area contributed by atoms with Gasteiger partial charge in [0.15, 0.2) is 5.13 Å². The second kappa shape index (κ2) is 10.2. The normalized spacial score (nSPS) is 11.3. The van der Waals surface area contributed by atoms with Crippen molar-refractivity contribution in [2.45, 2.75) is 25.7 Å². The predicted molar refractivity (Wildman–Crippen MR) is 122 cm³/mol. The third-order valence-corrected chi connectivity index (χ3v) is 6.83. The van der Waals surface area contributed by atoms with Gasteiger partial charge in [-0.3, -0.25) is 9.69 Å². The Morgan fingerprint density at radius 1 is 1.10 bits per heavy atom. The average molecular weight is 432 g/mol. The van der Waals surface area contributed by atoms with Crippen molar-refractivity contribution in [3.05, 3.63) is 53.8 Å². The predicted octanol–water partition coefficient (Wildman–Crippen LogP) is 5.21. The van der Waals surface area contributed by atoms with Gasteiger partial charge in [0.05, 0.1) is 16.0 Å². The maximum absolute atomic E-state index is 13.6. The number of hydrogen-bond donors (Lipinski definition) is 0. The van der Waals surface area contributed by atoms with Gasteiger partial charge in [0, 0.05) is 18.0 Å². The molecule has 1 aromatic heterocycles. The highest BCUT2D eigenvalue weighted by atomic mass is 32.2. The molecule has 7 heteroatoms. The first-order chi connectivity index (χ1) is 14.0. The monoisotopic (exact) mass is 431 g/mol. The van der Waals surface area contributed by atoms with Gasteiger partial charge in [0.2, 0.25) is 5.91 Å². The van der Waals surface area contributed by atoms with Gasteiger partial charge in [-0.1, -0.05) is 42.9 Å². The minimum Gasteiger partial charge on any atom is -0.302 e. The quantitative estimate of drug-likeness (QED) is 0.436. The minimum absolute atomic E-state index is 0.0160. The summed E-state index contributed by atoms with van der Waals surface area (Å²) in [5.74, 6) is 0.0666. The standard InChI is InChI=1S/C22H26FN3OS2/c1-4-25(5-2)12-13-26(21(27)15-28-18-9-6-16(3)7-10-18)22-24-19-11-8-17(23)14-20(19)29-22/h6-11,14H,4-5,12-13,15H2,1-3H3. The summed E-state index contributed by atoms with van der Waals surface area (Å²) in [6.07, 6.45) is 0. The highest BCUT2D eigenvalue weighted by Crippen LogP contribution is 2.30. The average Bonchev–Trinajstić information content (AvgIpc) is 3.13. The van der Waals surface area contributed by atoms with Gasteiger partial charge >= 0.3 is 0 Å². The summed E-state index contributed by atoms with van der Waals surface area (Å²) >= 11 is 2.89. The zero-order chi connectivity index (χ0) is 20.8. The van der Waals surface area contributed by atoms with Crippen LogP contribution in [0.1, 0.15) is 19.4 Å². The number of halogens is 1. The minimum atomic E-state index is -0.288. The van der Waals surface area contributed by atoms with Crippen LogP contribution in [-0.4, -0.2) is 47.7 Å².